The van der Waals surface area contributed by atoms with Gasteiger partial charge >= 0.3 is 0 Å². The topological polar surface area (TPSA) is 29.5 Å². The van der Waals surface area contributed by atoms with E-state index in [-0.39, 0.29) is 5.04 Å². The molecule has 1 N–H and O–H groups in total. The fourth-order valence-corrected chi connectivity index (χ4v) is 2.31. The third-order valence-corrected chi connectivity index (χ3v) is 7.88. The molecule has 0 aliphatic rings. The fraction of sp³-hybridized carbons (Fsp3) is 0.571. The first-order valence-electron chi connectivity index (χ1n) is 6.10. The van der Waals surface area contributed by atoms with Crippen molar-refractivity contribution in [2.24, 2.45) is 0 Å². The Morgan fingerprint density at radius 1 is 1.24 bits per heavy atom. The van der Waals surface area contributed by atoms with Gasteiger partial charge in [0.15, 0.2) is 0 Å². The zero-order chi connectivity index (χ0) is 13.3. The summed E-state index contributed by atoms with van der Waals surface area (Å²) in [4.78, 5) is 0. The minimum atomic E-state index is -1.79. The molecule has 1 atom stereocenters. The van der Waals surface area contributed by atoms with Gasteiger partial charge < -0.3 is 9.53 Å². The second-order valence-electron chi connectivity index (χ2n) is 6.11. The van der Waals surface area contributed by atoms with E-state index in [0.717, 1.165) is 11.3 Å². The van der Waals surface area contributed by atoms with Crippen molar-refractivity contribution < 1.29 is 9.53 Å². The maximum Gasteiger partial charge on any atom is 0.250 e. The smallest absolute Gasteiger partial charge is 0.250 e. The Hall–Kier alpha value is -0.803. The van der Waals surface area contributed by atoms with Crippen LogP contribution in [0.4, 0.5) is 0 Å². The second-order valence-corrected chi connectivity index (χ2v) is 10.8. The third-order valence-electron chi connectivity index (χ3n) is 3.52. The molecule has 2 nitrogen and oxygen atoms in total. The lowest BCUT2D eigenvalue weighted by atomic mass is 10.1. The molecule has 0 bridgehead atoms. The van der Waals surface area contributed by atoms with Gasteiger partial charge in [-0.3, -0.25) is 0 Å². The molecule has 0 amide bonds. The van der Waals surface area contributed by atoms with Crippen LogP contribution in [-0.2, 0) is 0 Å². The Kier molecular flexibility index (Phi) is 4.05. The van der Waals surface area contributed by atoms with Crippen LogP contribution in [0.1, 0.15) is 39.4 Å². The standard InChI is InChI=1S/C14H24O2Si/c1-11(15)12-8-7-9-13(10-12)16-17(5,6)14(2,3)4/h7-11,15H,1-6H3/t11-/m0/s1. The van der Waals surface area contributed by atoms with Gasteiger partial charge in [0.25, 0.3) is 0 Å². The number of benzene rings is 1. The average Bonchev–Trinajstić information content (AvgIpc) is 2.15. The van der Waals surface area contributed by atoms with Crippen LogP contribution >= 0.6 is 0 Å². The summed E-state index contributed by atoms with van der Waals surface area (Å²) in [5.41, 5.74) is 0.904. The summed E-state index contributed by atoms with van der Waals surface area (Å²) in [6, 6.07) is 7.76. The molecule has 0 unspecified atom stereocenters. The molecule has 3 heteroatoms. The van der Waals surface area contributed by atoms with Crippen molar-refractivity contribution in [2.75, 3.05) is 0 Å². The first kappa shape index (κ1) is 14.3. The van der Waals surface area contributed by atoms with E-state index in [1.807, 2.05) is 24.3 Å². The average molecular weight is 252 g/mol. The summed E-state index contributed by atoms with van der Waals surface area (Å²) >= 11 is 0. The molecule has 96 valence electrons. The van der Waals surface area contributed by atoms with Crippen LogP contribution in [0.3, 0.4) is 0 Å². The van der Waals surface area contributed by atoms with E-state index in [4.69, 9.17) is 4.43 Å². The van der Waals surface area contributed by atoms with Crippen LogP contribution in [0.15, 0.2) is 24.3 Å². The van der Waals surface area contributed by atoms with E-state index in [0.29, 0.717) is 0 Å². The van der Waals surface area contributed by atoms with Crippen molar-refractivity contribution in [1.29, 1.82) is 0 Å². The van der Waals surface area contributed by atoms with E-state index < -0.39 is 14.4 Å². The summed E-state index contributed by atoms with van der Waals surface area (Å²) < 4.78 is 6.18. The molecular weight excluding hydrogens is 228 g/mol. The Bertz CT molecular complexity index is 378. The zero-order valence-corrected chi connectivity index (χ0v) is 12.7. The first-order chi connectivity index (χ1) is 7.63. The van der Waals surface area contributed by atoms with E-state index >= 15 is 0 Å². The van der Waals surface area contributed by atoms with E-state index in [2.05, 4.69) is 33.9 Å². The summed E-state index contributed by atoms with van der Waals surface area (Å²) in [5.74, 6) is 0.870. The van der Waals surface area contributed by atoms with E-state index in [1.54, 1.807) is 6.92 Å². The Labute approximate surface area is 106 Å². The highest BCUT2D eigenvalue weighted by Crippen LogP contribution is 2.37. The molecule has 1 aromatic carbocycles. The monoisotopic (exact) mass is 252 g/mol. The van der Waals surface area contributed by atoms with Gasteiger partial charge in [-0.1, -0.05) is 32.9 Å². The number of hydrogen-bond donors (Lipinski definition) is 1. The minimum Gasteiger partial charge on any atom is -0.543 e. The molecule has 0 radical (unpaired) electrons. The zero-order valence-electron chi connectivity index (χ0n) is 11.7. The molecule has 0 spiro atoms. The fourth-order valence-electron chi connectivity index (χ4n) is 1.29. The minimum absolute atomic E-state index is 0.188. The van der Waals surface area contributed by atoms with E-state index in [1.165, 1.54) is 0 Å². The molecule has 17 heavy (non-hydrogen) atoms. The summed E-state index contributed by atoms with van der Waals surface area (Å²) in [7, 11) is -1.79. The lowest BCUT2D eigenvalue weighted by Gasteiger charge is -2.36. The van der Waals surface area contributed by atoms with Gasteiger partial charge in [0.1, 0.15) is 5.75 Å². The second kappa shape index (κ2) is 4.82. The highest BCUT2D eigenvalue weighted by atomic mass is 28.4. The predicted octanol–water partition coefficient (Wildman–Crippen LogP) is 4.12. The molecule has 0 heterocycles. The highest BCUT2D eigenvalue weighted by molar-refractivity contribution is 6.74. The van der Waals surface area contributed by atoms with Gasteiger partial charge in [-0.15, -0.1) is 0 Å². The number of aliphatic hydroxyl groups excluding tert-OH is 1. The van der Waals surface area contributed by atoms with Gasteiger partial charge in [-0.05, 0) is 42.8 Å². The molecule has 0 saturated heterocycles. The van der Waals surface area contributed by atoms with Crippen molar-refractivity contribution in [3.63, 3.8) is 0 Å². The van der Waals surface area contributed by atoms with Gasteiger partial charge in [0.05, 0.1) is 6.10 Å². The first-order valence-corrected chi connectivity index (χ1v) is 9.01. The third kappa shape index (κ3) is 3.58. The van der Waals surface area contributed by atoms with Crippen LogP contribution < -0.4 is 4.43 Å². The largest absolute Gasteiger partial charge is 0.543 e. The summed E-state index contributed by atoms with van der Waals surface area (Å²) in [6.45, 7) is 12.9. The van der Waals surface area contributed by atoms with Crippen molar-refractivity contribution in [3.8, 4) is 5.75 Å². The van der Waals surface area contributed by atoms with Crippen molar-refractivity contribution in [2.45, 2.75) is 51.9 Å². The molecule has 0 aliphatic heterocycles. The maximum absolute atomic E-state index is 9.56. The number of aliphatic hydroxyl groups is 1. The van der Waals surface area contributed by atoms with Crippen LogP contribution in [0.5, 0.6) is 5.75 Å². The van der Waals surface area contributed by atoms with Gasteiger partial charge in [0.2, 0.25) is 8.32 Å². The van der Waals surface area contributed by atoms with Gasteiger partial charge in [-0.2, -0.15) is 0 Å². The number of hydrogen-bond acceptors (Lipinski definition) is 2. The molecule has 0 fully saturated rings. The summed E-state index contributed by atoms with van der Waals surface area (Å²) in [6.07, 6.45) is -0.446. The van der Waals surface area contributed by atoms with E-state index in [9.17, 15) is 5.11 Å². The molecule has 0 aromatic heterocycles. The highest BCUT2D eigenvalue weighted by Gasteiger charge is 2.38. The summed E-state index contributed by atoms with van der Waals surface area (Å²) in [5, 5.41) is 9.75. The maximum atomic E-state index is 9.56. The van der Waals surface area contributed by atoms with Crippen molar-refractivity contribution in [1.82, 2.24) is 0 Å². The van der Waals surface area contributed by atoms with Gasteiger partial charge in [0, 0.05) is 0 Å². The molecule has 0 aliphatic carbocycles. The quantitative estimate of drug-likeness (QED) is 0.820. The molecule has 1 rings (SSSR count). The lowest BCUT2D eigenvalue weighted by Crippen LogP contribution is -2.43. The normalized spacial score (nSPS) is 14.5. The Morgan fingerprint density at radius 2 is 1.82 bits per heavy atom. The lowest BCUT2D eigenvalue weighted by molar-refractivity contribution is 0.199. The van der Waals surface area contributed by atoms with Crippen LogP contribution in [0.2, 0.25) is 18.1 Å². The molecular formula is C14H24O2Si. The Balaban J connectivity index is 2.92. The SMILES string of the molecule is C[C@H](O)c1cccc(O[Si](C)(C)C(C)(C)C)c1. The van der Waals surface area contributed by atoms with Crippen LogP contribution in [0, 0.1) is 0 Å². The number of rotatable bonds is 3. The van der Waals surface area contributed by atoms with Crippen LogP contribution in [-0.4, -0.2) is 13.4 Å². The van der Waals surface area contributed by atoms with Crippen molar-refractivity contribution in [3.05, 3.63) is 29.8 Å². The molecule has 0 saturated carbocycles. The van der Waals surface area contributed by atoms with Crippen molar-refractivity contribution >= 4 is 8.32 Å². The predicted molar refractivity (Wildman–Crippen MR) is 74.9 cm³/mol. The van der Waals surface area contributed by atoms with Gasteiger partial charge in [-0.25, -0.2) is 0 Å². The Morgan fingerprint density at radius 3 is 2.29 bits per heavy atom. The molecule has 1 aromatic rings. The van der Waals surface area contributed by atoms with Crippen LogP contribution in [0.25, 0.3) is 0 Å².